The number of hydrogen-bond acceptors (Lipinski definition) is 4. The summed E-state index contributed by atoms with van der Waals surface area (Å²) < 4.78 is 4.83. The molecule has 0 aromatic heterocycles. The molecule has 3 nitrogen and oxygen atoms in total. The third kappa shape index (κ3) is 2.38. The number of carbonyl (C=O) groups excluding carboxylic acids is 1. The molecule has 0 saturated carbocycles. The van der Waals surface area contributed by atoms with Gasteiger partial charge in [-0.3, -0.25) is 4.79 Å². The van der Waals surface area contributed by atoms with Crippen LogP contribution in [0.25, 0.3) is 0 Å². The van der Waals surface area contributed by atoms with E-state index in [2.05, 4.69) is 0 Å². The first-order valence-electron chi connectivity index (χ1n) is 4.22. The minimum atomic E-state index is -0.511. The molecule has 70 valence electrons. The predicted molar refractivity (Wildman–Crippen MR) is 48.1 cm³/mol. The first-order chi connectivity index (χ1) is 5.75. The number of carbonyl (C=O) groups is 1. The van der Waals surface area contributed by atoms with E-state index in [0.717, 1.165) is 18.6 Å². The molecule has 0 aromatic rings. The van der Waals surface area contributed by atoms with Gasteiger partial charge in [-0.15, -0.1) is 11.8 Å². The lowest BCUT2D eigenvalue weighted by atomic mass is 10.1. The maximum atomic E-state index is 11.2. The third-order valence-electron chi connectivity index (χ3n) is 1.81. The fourth-order valence-electron chi connectivity index (χ4n) is 1.21. The average Bonchev–Trinajstić information content (AvgIpc) is 2.05. The van der Waals surface area contributed by atoms with Crippen LogP contribution in [0, 0.1) is 0 Å². The highest BCUT2D eigenvalue weighted by Gasteiger charge is 2.30. The van der Waals surface area contributed by atoms with Crippen molar-refractivity contribution in [1.29, 1.82) is 0 Å². The largest absolute Gasteiger partial charge is 0.465 e. The predicted octanol–water partition coefficient (Wildman–Crippen LogP) is 0.806. The zero-order chi connectivity index (χ0) is 8.97. The van der Waals surface area contributed by atoms with Gasteiger partial charge in [-0.05, 0) is 25.5 Å². The van der Waals surface area contributed by atoms with Crippen molar-refractivity contribution >= 4 is 17.7 Å². The molecule has 0 amide bonds. The zero-order valence-corrected chi connectivity index (χ0v) is 7.97. The van der Waals surface area contributed by atoms with Crippen LogP contribution in [0.5, 0.6) is 0 Å². The van der Waals surface area contributed by atoms with Crippen LogP contribution in [0.15, 0.2) is 0 Å². The van der Waals surface area contributed by atoms with Crippen molar-refractivity contribution < 1.29 is 14.6 Å². The van der Waals surface area contributed by atoms with Crippen LogP contribution in [-0.4, -0.2) is 34.8 Å². The topological polar surface area (TPSA) is 46.5 Å². The van der Waals surface area contributed by atoms with E-state index in [9.17, 15) is 9.90 Å². The standard InChI is InChI=1S/C8H14O3S/c1-2-11-8(10)7-6(9)4-3-5-12-7/h6-7,9H,2-5H2,1H3/t6-,7+/m0/s1. The molecule has 4 heteroatoms. The van der Waals surface area contributed by atoms with Gasteiger partial charge < -0.3 is 9.84 Å². The summed E-state index contributed by atoms with van der Waals surface area (Å²) in [7, 11) is 0. The Bertz CT molecular complexity index is 160. The van der Waals surface area contributed by atoms with Crippen molar-refractivity contribution in [1.82, 2.24) is 0 Å². The van der Waals surface area contributed by atoms with Crippen molar-refractivity contribution in [3.8, 4) is 0 Å². The van der Waals surface area contributed by atoms with Crippen LogP contribution in [0.2, 0.25) is 0 Å². The van der Waals surface area contributed by atoms with Gasteiger partial charge in [-0.25, -0.2) is 0 Å². The van der Waals surface area contributed by atoms with Gasteiger partial charge in [0.2, 0.25) is 0 Å². The highest BCUT2D eigenvalue weighted by Crippen LogP contribution is 2.26. The molecule has 1 aliphatic rings. The van der Waals surface area contributed by atoms with Gasteiger partial charge in [0.25, 0.3) is 0 Å². The summed E-state index contributed by atoms with van der Waals surface area (Å²) in [4.78, 5) is 11.2. The number of thioether (sulfide) groups is 1. The van der Waals surface area contributed by atoms with E-state index >= 15 is 0 Å². The molecule has 1 aliphatic heterocycles. The Kier molecular flexibility index (Phi) is 3.88. The summed E-state index contributed by atoms with van der Waals surface area (Å²) >= 11 is 1.49. The number of rotatable bonds is 2. The lowest BCUT2D eigenvalue weighted by molar-refractivity contribution is -0.144. The van der Waals surface area contributed by atoms with E-state index in [-0.39, 0.29) is 11.2 Å². The fourth-order valence-corrected chi connectivity index (χ4v) is 2.36. The molecular weight excluding hydrogens is 176 g/mol. The fraction of sp³-hybridized carbons (Fsp3) is 0.875. The maximum absolute atomic E-state index is 11.2. The Hall–Kier alpha value is -0.220. The van der Waals surface area contributed by atoms with Crippen molar-refractivity contribution in [3.05, 3.63) is 0 Å². The molecule has 0 radical (unpaired) electrons. The lowest BCUT2D eigenvalue weighted by Gasteiger charge is -2.24. The van der Waals surface area contributed by atoms with E-state index < -0.39 is 6.10 Å². The Morgan fingerprint density at radius 2 is 2.50 bits per heavy atom. The van der Waals surface area contributed by atoms with Gasteiger partial charge in [0.15, 0.2) is 0 Å². The molecule has 0 spiro atoms. The highest BCUT2D eigenvalue weighted by molar-refractivity contribution is 8.00. The molecule has 0 aromatic carbocycles. The van der Waals surface area contributed by atoms with E-state index in [4.69, 9.17) is 4.74 Å². The highest BCUT2D eigenvalue weighted by atomic mass is 32.2. The number of ether oxygens (including phenoxy) is 1. The summed E-state index contributed by atoms with van der Waals surface area (Å²) in [5, 5.41) is 9.10. The van der Waals surface area contributed by atoms with Crippen molar-refractivity contribution in [2.75, 3.05) is 12.4 Å². The summed E-state index contributed by atoms with van der Waals surface area (Å²) in [6, 6.07) is 0. The third-order valence-corrected chi connectivity index (χ3v) is 3.20. The second-order valence-corrected chi connectivity index (χ2v) is 4.00. The second-order valence-electron chi connectivity index (χ2n) is 2.75. The van der Waals surface area contributed by atoms with Gasteiger partial charge >= 0.3 is 5.97 Å². The van der Waals surface area contributed by atoms with E-state index in [1.165, 1.54) is 11.8 Å². The minimum Gasteiger partial charge on any atom is -0.465 e. The van der Waals surface area contributed by atoms with Crippen molar-refractivity contribution in [2.24, 2.45) is 0 Å². The molecule has 1 heterocycles. The van der Waals surface area contributed by atoms with Crippen LogP contribution in [0.1, 0.15) is 19.8 Å². The van der Waals surface area contributed by atoms with Crippen LogP contribution in [0.3, 0.4) is 0 Å². The summed E-state index contributed by atoms with van der Waals surface area (Å²) in [5.74, 6) is 0.676. The van der Waals surface area contributed by atoms with E-state index in [0.29, 0.717) is 6.61 Å². The smallest absolute Gasteiger partial charge is 0.321 e. The first-order valence-corrected chi connectivity index (χ1v) is 5.27. The van der Waals surface area contributed by atoms with E-state index in [1.807, 2.05) is 0 Å². The molecule has 1 rings (SSSR count). The molecule has 1 fully saturated rings. The average molecular weight is 190 g/mol. The van der Waals surface area contributed by atoms with Gasteiger partial charge in [-0.1, -0.05) is 0 Å². The van der Waals surface area contributed by atoms with Gasteiger partial charge in [-0.2, -0.15) is 0 Å². The second kappa shape index (κ2) is 4.72. The Labute approximate surface area is 76.5 Å². The molecule has 1 saturated heterocycles. The SMILES string of the molecule is CCOC(=O)[C@@H]1SCCC[C@@H]1O. The van der Waals surface area contributed by atoms with Gasteiger partial charge in [0.1, 0.15) is 5.25 Å². The monoisotopic (exact) mass is 190 g/mol. The van der Waals surface area contributed by atoms with Crippen LogP contribution in [0.4, 0.5) is 0 Å². The van der Waals surface area contributed by atoms with Gasteiger partial charge in [0, 0.05) is 0 Å². The molecule has 12 heavy (non-hydrogen) atoms. The Balaban J connectivity index is 2.42. The molecule has 0 aliphatic carbocycles. The first kappa shape index (κ1) is 9.86. The number of aliphatic hydroxyl groups is 1. The van der Waals surface area contributed by atoms with Crippen molar-refractivity contribution in [3.63, 3.8) is 0 Å². The Morgan fingerprint density at radius 3 is 3.08 bits per heavy atom. The van der Waals surface area contributed by atoms with Crippen LogP contribution in [-0.2, 0) is 9.53 Å². The Morgan fingerprint density at radius 1 is 1.75 bits per heavy atom. The molecule has 2 atom stereocenters. The lowest BCUT2D eigenvalue weighted by Crippen LogP contribution is -2.35. The molecule has 1 N–H and O–H groups in total. The zero-order valence-electron chi connectivity index (χ0n) is 7.16. The quantitative estimate of drug-likeness (QED) is 0.654. The maximum Gasteiger partial charge on any atom is 0.321 e. The normalized spacial score (nSPS) is 29.8. The van der Waals surface area contributed by atoms with Crippen LogP contribution < -0.4 is 0 Å². The van der Waals surface area contributed by atoms with Crippen molar-refractivity contribution in [2.45, 2.75) is 31.1 Å². The number of aliphatic hydroxyl groups excluding tert-OH is 1. The number of hydrogen-bond donors (Lipinski definition) is 1. The molecule has 0 unspecified atom stereocenters. The van der Waals surface area contributed by atoms with E-state index in [1.54, 1.807) is 6.92 Å². The summed E-state index contributed by atoms with van der Waals surface area (Å²) in [6.45, 7) is 2.17. The number of esters is 1. The molecular formula is C8H14O3S. The van der Waals surface area contributed by atoms with Gasteiger partial charge in [0.05, 0.1) is 12.7 Å². The van der Waals surface area contributed by atoms with Crippen LogP contribution >= 0.6 is 11.8 Å². The summed E-state index contributed by atoms with van der Waals surface area (Å²) in [6.07, 6.45) is 1.20. The minimum absolute atomic E-state index is 0.269. The molecule has 0 bridgehead atoms. The summed E-state index contributed by atoms with van der Waals surface area (Å²) in [5.41, 5.74) is 0.